The number of amides is 1. The molecule has 0 radical (unpaired) electrons. The Bertz CT molecular complexity index is 1210. The predicted octanol–water partition coefficient (Wildman–Crippen LogP) is 4.43. The van der Waals surface area contributed by atoms with E-state index in [1.165, 1.54) is 24.3 Å². The molecule has 0 saturated heterocycles. The smallest absolute Gasteiger partial charge is 0.338 e. The summed E-state index contributed by atoms with van der Waals surface area (Å²) in [6.07, 6.45) is 0.464. The van der Waals surface area contributed by atoms with Crippen molar-refractivity contribution in [3.63, 3.8) is 0 Å². The molecule has 3 rings (SSSR count). The van der Waals surface area contributed by atoms with Crippen LogP contribution in [0.1, 0.15) is 23.7 Å². The van der Waals surface area contributed by atoms with Crippen molar-refractivity contribution in [3.05, 3.63) is 84.4 Å². The van der Waals surface area contributed by atoms with Gasteiger partial charge < -0.3 is 14.8 Å². The quantitative estimate of drug-likeness (QED) is 0.426. The number of para-hydroxylation sites is 3. The fraction of sp³-hybridized carbons (Fsp3) is 0.167. The minimum absolute atomic E-state index is 0.0305. The number of esters is 1. The number of rotatable bonds is 10. The Hall–Kier alpha value is -3.85. The van der Waals surface area contributed by atoms with Crippen LogP contribution >= 0.6 is 0 Å². The minimum atomic E-state index is -3.49. The zero-order valence-corrected chi connectivity index (χ0v) is 18.8. The summed E-state index contributed by atoms with van der Waals surface area (Å²) in [6, 6.07) is 21.9. The van der Waals surface area contributed by atoms with Crippen molar-refractivity contribution in [1.82, 2.24) is 0 Å². The molecule has 3 aromatic rings. The van der Waals surface area contributed by atoms with Gasteiger partial charge in [0.15, 0.2) is 12.4 Å². The van der Waals surface area contributed by atoms with Crippen LogP contribution in [0, 0.1) is 0 Å². The van der Waals surface area contributed by atoms with E-state index in [-0.39, 0.29) is 17.0 Å². The molecule has 0 aromatic heterocycles. The van der Waals surface area contributed by atoms with Gasteiger partial charge in [-0.05, 0) is 48.9 Å². The summed E-state index contributed by atoms with van der Waals surface area (Å²) >= 11 is 0. The molecule has 0 bridgehead atoms. The number of ether oxygens (including phenoxy) is 2. The number of hydrogen-bond acceptors (Lipinski definition) is 6. The molecule has 0 aliphatic carbocycles. The molecule has 8 nitrogen and oxygen atoms in total. The second-order valence-electron chi connectivity index (χ2n) is 7.04. The maximum absolute atomic E-state index is 12.3. The number of carbonyl (C=O) groups is 2. The van der Waals surface area contributed by atoms with Gasteiger partial charge in [0.1, 0.15) is 5.75 Å². The van der Waals surface area contributed by atoms with Crippen LogP contribution in [0.2, 0.25) is 0 Å². The molecular weight excluding hydrogens is 444 g/mol. The highest BCUT2D eigenvalue weighted by Crippen LogP contribution is 2.29. The first-order valence-electron chi connectivity index (χ1n) is 10.3. The molecule has 0 spiro atoms. The summed E-state index contributed by atoms with van der Waals surface area (Å²) in [5.74, 6) is -0.282. The van der Waals surface area contributed by atoms with Crippen molar-refractivity contribution in [2.45, 2.75) is 13.3 Å². The van der Waals surface area contributed by atoms with Crippen LogP contribution in [0.25, 0.3) is 0 Å². The van der Waals surface area contributed by atoms with Gasteiger partial charge in [0.05, 0.1) is 17.0 Å². The molecule has 3 aromatic carbocycles. The molecule has 1 amide bonds. The van der Waals surface area contributed by atoms with Crippen LogP contribution in [-0.4, -0.2) is 32.7 Å². The lowest BCUT2D eigenvalue weighted by Gasteiger charge is -2.12. The van der Waals surface area contributed by atoms with E-state index in [9.17, 15) is 18.0 Å². The lowest BCUT2D eigenvalue weighted by Crippen LogP contribution is -2.21. The number of anilines is 2. The zero-order chi connectivity index (χ0) is 23.7. The van der Waals surface area contributed by atoms with E-state index in [1.807, 2.05) is 18.2 Å². The molecule has 0 fully saturated rings. The maximum atomic E-state index is 12.3. The molecule has 0 unspecified atom stereocenters. The molecule has 9 heteroatoms. The molecule has 0 heterocycles. The third-order valence-corrected chi connectivity index (χ3v) is 5.80. The Morgan fingerprint density at radius 2 is 1.64 bits per heavy atom. The van der Waals surface area contributed by atoms with E-state index in [0.717, 1.165) is 0 Å². The van der Waals surface area contributed by atoms with Crippen LogP contribution in [0.4, 0.5) is 11.4 Å². The van der Waals surface area contributed by atoms with Crippen LogP contribution in [-0.2, 0) is 19.6 Å². The number of hydrogen-bond donors (Lipinski definition) is 2. The monoisotopic (exact) mass is 468 g/mol. The minimum Gasteiger partial charge on any atom is -0.455 e. The molecule has 172 valence electrons. The van der Waals surface area contributed by atoms with E-state index in [2.05, 4.69) is 10.0 Å². The fourth-order valence-corrected chi connectivity index (χ4v) is 4.01. The van der Waals surface area contributed by atoms with Gasteiger partial charge in [-0.1, -0.05) is 43.3 Å². The fourth-order valence-electron chi connectivity index (χ4n) is 2.88. The first-order valence-corrected chi connectivity index (χ1v) is 11.9. The highest BCUT2D eigenvalue weighted by Gasteiger charge is 2.14. The third kappa shape index (κ3) is 7.36. The summed E-state index contributed by atoms with van der Waals surface area (Å²) < 4.78 is 37.1. The SMILES string of the molecule is CCCS(=O)(=O)Nc1cccc(C(=O)OCC(=O)Nc2ccccc2Oc2ccccc2)c1. The Morgan fingerprint density at radius 3 is 2.39 bits per heavy atom. The number of nitrogens with one attached hydrogen (secondary N) is 2. The van der Waals surface area contributed by atoms with E-state index in [0.29, 0.717) is 23.6 Å². The average Bonchev–Trinajstić information content (AvgIpc) is 2.79. The molecule has 0 atom stereocenters. The molecule has 33 heavy (non-hydrogen) atoms. The summed E-state index contributed by atoms with van der Waals surface area (Å²) in [5, 5.41) is 2.66. The largest absolute Gasteiger partial charge is 0.455 e. The van der Waals surface area contributed by atoms with Gasteiger partial charge >= 0.3 is 5.97 Å². The third-order valence-electron chi connectivity index (χ3n) is 4.31. The van der Waals surface area contributed by atoms with Crippen molar-refractivity contribution in [2.24, 2.45) is 0 Å². The summed E-state index contributed by atoms with van der Waals surface area (Å²) in [4.78, 5) is 24.7. The van der Waals surface area contributed by atoms with Crippen molar-refractivity contribution >= 4 is 33.3 Å². The van der Waals surface area contributed by atoms with E-state index >= 15 is 0 Å². The van der Waals surface area contributed by atoms with E-state index < -0.39 is 28.5 Å². The highest BCUT2D eigenvalue weighted by molar-refractivity contribution is 7.92. The van der Waals surface area contributed by atoms with Crippen molar-refractivity contribution in [3.8, 4) is 11.5 Å². The Kier molecular flexibility index (Phi) is 8.04. The van der Waals surface area contributed by atoms with Gasteiger partial charge in [-0.2, -0.15) is 0 Å². The van der Waals surface area contributed by atoms with Crippen molar-refractivity contribution in [1.29, 1.82) is 0 Å². The highest BCUT2D eigenvalue weighted by atomic mass is 32.2. The van der Waals surface area contributed by atoms with E-state index in [4.69, 9.17) is 9.47 Å². The molecule has 2 N–H and O–H groups in total. The van der Waals surface area contributed by atoms with Crippen molar-refractivity contribution < 1.29 is 27.5 Å². The topological polar surface area (TPSA) is 111 Å². The van der Waals surface area contributed by atoms with Gasteiger partial charge in [0.25, 0.3) is 5.91 Å². The Morgan fingerprint density at radius 1 is 0.909 bits per heavy atom. The average molecular weight is 469 g/mol. The molecular formula is C24H24N2O6S. The maximum Gasteiger partial charge on any atom is 0.338 e. The van der Waals surface area contributed by atoms with E-state index in [1.54, 1.807) is 43.3 Å². The second kappa shape index (κ2) is 11.1. The lowest BCUT2D eigenvalue weighted by atomic mass is 10.2. The first kappa shape index (κ1) is 23.8. The van der Waals surface area contributed by atoms with Gasteiger partial charge in [-0.25, -0.2) is 13.2 Å². The Balaban J connectivity index is 1.59. The standard InChI is InChI=1S/C24H24N2O6S/c1-2-15-33(29,30)26-19-10-8-9-18(16-19)24(28)31-17-23(27)25-21-13-6-7-14-22(21)32-20-11-4-3-5-12-20/h3-14,16,26H,2,15,17H2,1H3,(H,25,27). The number of sulfonamides is 1. The summed E-state index contributed by atoms with van der Waals surface area (Å²) in [7, 11) is -3.49. The molecule has 0 aliphatic heterocycles. The number of carbonyl (C=O) groups excluding carboxylic acids is 2. The normalized spacial score (nSPS) is 10.8. The van der Waals surface area contributed by atoms with Crippen LogP contribution < -0.4 is 14.8 Å². The Labute approximate surface area is 192 Å². The van der Waals surface area contributed by atoms with Crippen LogP contribution in [0.15, 0.2) is 78.9 Å². The van der Waals surface area contributed by atoms with Crippen molar-refractivity contribution in [2.75, 3.05) is 22.4 Å². The van der Waals surface area contributed by atoms with Crippen LogP contribution in [0.5, 0.6) is 11.5 Å². The predicted molar refractivity (Wildman–Crippen MR) is 126 cm³/mol. The van der Waals surface area contributed by atoms with Gasteiger partial charge in [-0.3, -0.25) is 9.52 Å². The van der Waals surface area contributed by atoms with Gasteiger partial charge in [-0.15, -0.1) is 0 Å². The van der Waals surface area contributed by atoms with Gasteiger partial charge in [0, 0.05) is 5.69 Å². The molecule has 0 saturated carbocycles. The van der Waals surface area contributed by atoms with Gasteiger partial charge in [0.2, 0.25) is 10.0 Å². The first-order chi connectivity index (χ1) is 15.9. The summed E-state index contributed by atoms with van der Waals surface area (Å²) in [5.41, 5.74) is 0.788. The number of benzene rings is 3. The van der Waals surface area contributed by atoms with Crippen LogP contribution in [0.3, 0.4) is 0 Å². The molecule has 0 aliphatic rings. The lowest BCUT2D eigenvalue weighted by molar-refractivity contribution is -0.119. The zero-order valence-electron chi connectivity index (χ0n) is 18.0. The summed E-state index contributed by atoms with van der Waals surface area (Å²) in [6.45, 7) is 1.23. The second-order valence-corrected chi connectivity index (χ2v) is 8.88.